The number of carbonyl (C=O) groups is 1. The first-order chi connectivity index (χ1) is 9.52. The van der Waals surface area contributed by atoms with Gasteiger partial charge >= 0.3 is 5.97 Å². The van der Waals surface area contributed by atoms with Crippen LogP contribution < -0.4 is 5.32 Å². The highest BCUT2D eigenvalue weighted by Crippen LogP contribution is 2.34. The zero-order valence-electron chi connectivity index (χ0n) is 10.9. The second-order valence-electron chi connectivity index (χ2n) is 3.94. The van der Waals surface area contributed by atoms with E-state index in [2.05, 4.69) is 10.3 Å². The molecule has 0 aliphatic heterocycles. The summed E-state index contributed by atoms with van der Waals surface area (Å²) < 4.78 is 9.96. The number of hydrogen-bond donors (Lipinski definition) is 1. The van der Waals surface area contributed by atoms with Gasteiger partial charge in [0.25, 0.3) is 6.01 Å². The highest BCUT2D eigenvalue weighted by molar-refractivity contribution is 6.39. The lowest BCUT2D eigenvalue weighted by Gasteiger charge is -2.08. The molecule has 20 heavy (non-hydrogen) atoms. The average Bonchev–Trinajstić information content (AvgIpc) is 2.88. The minimum atomic E-state index is -0.550. The van der Waals surface area contributed by atoms with Crippen LogP contribution >= 0.6 is 23.2 Å². The lowest BCUT2D eigenvalue weighted by molar-refractivity contribution is 0.0519. The maximum atomic E-state index is 11.5. The summed E-state index contributed by atoms with van der Waals surface area (Å²) in [6, 6.07) is 3.62. The number of halogens is 2. The topological polar surface area (TPSA) is 64.4 Å². The van der Waals surface area contributed by atoms with Crippen molar-refractivity contribution in [3.05, 3.63) is 39.7 Å². The maximum absolute atomic E-state index is 11.5. The molecule has 106 valence electrons. The van der Waals surface area contributed by atoms with Crippen LogP contribution in [0.4, 0.5) is 11.7 Å². The number of benzene rings is 1. The Hall–Kier alpha value is -1.72. The van der Waals surface area contributed by atoms with Crippen LogP contribution in [-0.2, 0) is 4.74 Å². The molecule has 7 heteroatoms. The summed E-state index contributed by atoms with van der Waals surface area (Å²) >= 11 is 12.2. The van der Waals surface area contributed by atoms with Crippen molar-refractivity contribution in [3.63, 3.8) is 0 Å². The molecule has 2 rings (SSSR count). The normalized spacial score (nSPS) is 10.4. The molecule has 0 aliphatic rings. The molecule has 1 aromatic heterocycles. The Balaban J connectivity index is 2.23. The van der Waals surface area contributed by atoms with Crippen LogP contribution in [0, 0.1) is 6.92 Å². The third-order valence-electron chi connectivity index (χ3n) is 2.50. The van der Waals surface area contributed by atoms with Crippen molar-refractivity contribution in [3.8, 4) is 0 Å². The number of carbonyl (C=O) groups excluding carboxylic acids is 1. The molecule has 1 aromatic carbocycles. The van der Waals surface area contributed by atoms with Crippen molar-refractivity contribution < 1.29 is 13.9 Å². The fourth-order valence-electron chi connectivity index (χ4n) is 1.51. The fraction of sp³-hybridized carbons (Fsp3) is 0.231. The van der Waals surface area contributed by atoms with Gasteiger partial charge in [0.1, 0.15) is 6.26 Å². The molecule has 1 N–H and O–H groups in total. The molecule has 0 saturated carbocycles. The Morgan fingerprint density at radius 2 is 2.20 bits per heavy atom. The number of nitrogens with zero attached hydrogens (tertiary/aromatic N) is 1. The van der Waals surface area contributed by atoms with Gasteiger partial charge in [-0.3, -0.25) is 0 Å². The van der Waals surface area contributed by atoms with Gasteiger partial charge in [-0.2, -0.15) is 4.98 Å². The van der Waals surface area contributed by atoms with Crippen LogP contribution in [-0.4, -0.2) is 17.6 Å². The molecule has 0 bridgehead atoms. The third kappa shape index (κ3) is 3.05. The highest BCUT2D eigenvalue weighted by atomic mass is 35.5. The van der Waals surface area contributed by atoms with Crippen molar-refractivity contribution in [2.75, 3.05) is 11.9 Å². The van der Waals surface area contributed by atoms with E-state index in [9.17, 15) is 4.79 Å². The van der Waals surface area contributed by atoms with E-state index in [1.165, 1.54) is 6.26 Å². The highest BCUT2D eigenvalue weighted by Gasteiger charge is 2.15. The quantitative estimate of drug-likeness (QED) is 0.856. The first kappa shape index (κ1) is 14.7. The van der Waals surface area contributed by atoms with Crippen LogP contribution in [0.3, 0.4) is 0 Å². The first-order valence-corrected chi connectivity index (χ1v) is 6.62. The summed E-state index contributed by atoms with van der Waals surface area (Å²) in [6.45, 7) is 3.83. The van der Waals surface area contributed by atoms with Crippen molar-refractivity contribution in [1.29, 1.82) is 0 Å². The van der Waals surface area contributed by atoms with Crippen LogP contribution in [0.1, 0.15) is 23.0 Å². The minimum Gasteiger partial charge on any atom is -0.461 e. The summed E-state index contributed by atoms with van der Waals surface area (Å²) in [5.41, 5.74) is 1.41. The summed E-state index contributed by atoms with van der Waals surface area (Å²) in [4.78, 5) is 15.4. The lowest BCUT2D eigenvalue weighted by Crippen LogP contribution is -2.05. The molecule has 0 unspecified atom stereocenters. The Morgan fingerprint density at radius 1 is 1.45 bits per heavy atom. The SMILES string of the molecule is CCOC(=O)c1coc(Nc2c(Cl)ccc(C)c2Cl)n1. The molecule has 5 nitrogen and oxygen atoms in total. The predicted octanol–water partition coefficient (Wildman–Crippen LogP) is 4.21. The third-order valence-corrected chi connectivity index (χ3v) is 3.31. The molecule has 1 heterocycles. The van der Waals surface area contributed by atoms with Gasteiger partial charge in [0, 0.05) is 0 Å². The van der Waals surface area contributed by atoms with Gasteiger partial charge < -0.3 is 14.5 Å². The number of ether oxygens (including phenoxy) is 1. The molecule has 0 saturated heterocycles. The lowest BCUT2D eigenvalue weighted by atomic mass is 10.2. The Labute approximate surface area is 125 Å². The molecular weight excluding hydrogens is 303 g/mol. The van der Waals surface area contributed by atoms with Crippen LogP contribution in [0.5, 0.6) is 0 Å². The number of rotatable bonds is 4. The monoisotopic (exact) mass is 314 g/mol. The molecule has 0 radical (unpaired) electrons. The number of oxazole rings is 1. The van der Waals surface area contributed by atoms with Gasteiger partial charge in [-0.05, 0) is 25.5 Å². The molecule has 0 fully saturated rings. The molecule has 0 aliphatic carbocycles. The molecular formula is C13H12Cl2N2O3. The van der Waals surface area contributed by atoms with E-state index in [0.29, 0.717) is 15.7 Å². The average molecular weight is 315 g/mol. The molecule has 0 atom stereocenters. The van der Waals surface area contributed by atoms with E-state index < -0.39 is 5.97 Å². The summed E-state index contributed by atoms with van der Waals surface area (Å²) in [5.74, 6) is -0.550. The Bertz CT molecular complexity index is 641. The van der Waals surface area contributed by atoms with E-state index in [4.69, 9.17) is 32.4 Å². The zero-order valence-corrected chi connectivity index (χ0v) is 12.4. The molecule has 0 spiro atoms. The zero-order chi connectivity index (χ0) is 14.7. The molecule has 0 amide bonds. The van der Waals surface area contributed by atoms with Crippen LogP contribution in [0.25, 0.3) is 0 Å². The second kappa shape index (κ2) is 6.15. The number of nitrogens with one attached hydrogen (secondary N) is 1. The minimum absolute atomic E-state index is 0.0780. The van der Waals surface area contributed by atoms with Gasteiger partial charge in [0.05, 0.1) is 22.3 Å². The Morgan fingerprint density at radius 3 is 2.90 bits per heavy atom. The fourth-order valence-corrected chi connectivity index (χ4v) is 1.97. The van der Waals surface area contributed by atoms with E-state index in [0.717, 1.165) is 5.56 Å². The van der Waals surface area contributed by atoms with E-state index in [-0.39, 0.29) is 18.3 Å². The second-order valence-corrected chi connectivity index (χ2v) is 4.72. The van der Waals surface area contributed by atoms with Crippen LogP contribution in [0.2, 0.25) is 10.0 Å². The summed E-state index contributed by atoms with van der Waals surface area (Å²) in [6.07, 6.45) is 1.21. The van der Waals surface area contributed by atoms with Crippen LogP contribution in [0.15, 0.2) is 22.8 Å². The standard InChI is InChI=1S/C13H12Cl2N2O3/c1-3-19-12(18)9-6-20-13(16-9)17-11-8(14)5-4-7(2)10(11)15/h4-6H,3H2,1-2H3,(H,16,17). The first-order valence-electron chi connectivity index (χ1n) is 5.87. The largest absolute Gasteiger partial charge is 0.461 e. The van der Waals surface area contributed by atoms with Crippen molar-refractivity contribution in [2.45, 2.75) is 13.8 Å². The van der Waals surface area contributed by atoms with Crippen molar-refractivity contribution >= 4 is 40.9 Å². The summed E-state index contributed by atoms with van der Waals surface area (Å²) in [5, 5.41) is 3.74. The van der Waals surface area contributed by atoms with Gasteiger partial charge in [-0.1, -0.05) is 29.3 Å². The van der Waals surface area contributed by atoms with Crippen molar-refractivity contribution in [1.82, 2.24) is 4.98 Å². The number of esters is 1. The maximum Gasteiger partial charge on any atom is 0.360 e. The van der Waals surface area contributed by atoms with Gasteiger partial charge in [0.2, 0.25) is 0 Å². The number of aryl methyl sites for hydroxylation is 1. The summed E-state index contributed by atoms with van der Waals surface area (Å²) in [7, 11) is 0. The van der Waals surface area contributed by atoms with Gasteiger partial charge in [0.15, 0.2) is 5.69 Å². The van der Waals surface area contributed by atoms with E-state index in [1.54, 1.807) is 19.1 Å². The van der Waals surface area contributed by atoms with Crippen molar-refractivity contribution in [2.24, 2.45) is 0 Å². The predicted molar refractivity (Wildman–Crippen MR) is 76.9 cm³/mol. The molecule has 2 aromatic rings. The van der Waals surface area contributed by atoms with E-state index in [1.807, 2.05) is 6.92 Å². The van der Waals surface area contributed by atoms with Gasteiger partial charge in [-0.25, -0.2) is 4.79 Å². The Kier molecular flexibility index (Phi) is 4.52. The van der Waals surface area contributed by atoms with Gasteiger partial charge in [-0.15, -0.1) is 0 Å². The smallest absolute Gasteiger partial charge is 0.360 e. The number of aromatic nitrogens is 1. The number of hydrogen-bond acceptors (Lipinski definition) is 5. The number of anilines is 2. The van der Waals surface area contributed by atoms with E-state index >= 15 is 0 Å².